The molecule has 1 heteroatoms. The molecule has 0 saturated heterocycles. The van der Waals surface area contributed by atoms with Crippen molar-refractivity contribution in [2.75, 3.05) is 6.54 Å². The average Bonchev–Trinajstić information content (AvgIpc) is 3.21. The second-order valence-corrected chi connectivity index (χ2v) is 10.6. The topological polar surface area (TPSA) is 12.4 Å². The number of aliphatic imine (C=N–C) groups is 1. The predicted octanol–water partition coefficient (Wildman–Crippen LogP) is 6.76. The van der Waals surface area contributed by atoms with Crippen LogP contribution in [0.5, 0.6) is 0 Å². The predicted molar refractivity (Wildman–Crippen MR) is 110 cm³/mol. The fourth-order valence-corrected chi connectivity index (χ4v) is 7.01. The highest BCUT2D eigenvalue weighted by atomic mass is 14.8. The Labute approximate surface area is 159 Å². The van der Waals surface area contributed by atoms with Gasteiger partial charge in [0, 0.05) is 24.1 Å². The van der Waals surface area contributed by atoms with E-state index in [1.165, 1.54) is 57.8 Å². The molecular formula is C25H35N. The zero-order valence-electron chi connectivity index (χ0n) is 17.0. The molecule has 5 rings (SSSR count). The van der Waals surface area contributed by atoms with Crippen LogP contribution in [0.2, 0.25) is 0 Å². The largest absolute Gasteiger partial charge is 0.293 e. The second-order valence-electron chi connectivity index (χ2n) is 10.6. The van der Waals surface area contributed by atoms with Crippen LogP contribution in [0, 0.1) is 11.3 Å². The van der Waals surface area contributed by atoms with E-state index >= 15 is 0 Å². The molecular weight excluding hydrogens is 314 g/mol. The van der Waals surface area contributed by atoms with Crippen molar-refractivity contribution < 1.29 is 0 Å². The lowest BCUT2D eigenvalue weighted by Crippen LogP contribution is -2.44. The molecule has 2 unspecified atom stereocenters. The molecule has 0 aromatic heterocycles. The summed E-state index contributed by atoms with van der Waals surface area (Å²) in [6.45, 7) is 8.25. The fourth-order valence-electron chi connectivity index (χ4n) is 7.01. The van der Waals surface area contributed by atoms with Gasteiger partial charge in [0.25, 0.3) is 0 Å². The average molecular weight is 350 g/mol. The number of rotatable bonds is 2. The summed E-state index contributed by atoms with van der Waals surface area (Å²) in [5.41, 5.74) is 7.37. The van der Waals surface area contributed by atoms with Crippen LogP contribution in [-0.4, -0.2) is 12.3 Å². The van der Waals surface area contributed by atoms with E-state index < -0.39 is 0 Å². The van der Waals surface area contributed by atoms with E-state index in [1.54, 1.807) is 22.4 Å². The third-order valence-electron chi connectivity index (χ3n) is 8.23. The summed E-state index contributed by atoms with van der Waals surface area (Å²) in [7, 11) is 0. The highest BCUT2D eigenvalue weighted by Gasteiger charge is 2.56. The van der Waals surface area contributed by atoms with Crippen molar-refractivity contribution in [3.63, 3.8) is 0 Å². The van der Waals surface area contributed by atoms with E-state index in [9.17, 15) is 0 Å². The van der Waals surface area contributed by atoms with Gasteiger partial charge in [-0.15, -0.1) is 0 Å². The summed E-state index contributed by atoms with van der Waals surface area (Å²) < 4.78 is 0. The van der Waals surface area contributed by atoms with E-state index in [0.29, 0.717) is 17.3 Å². The molecule has 1 aromatic rings. The SMILES string of the molecule is CC(C)(C)c1cccc2c1C1CCCN=C1C2C1(C2CCCC2)CCC1. The highest BCUT2D eigenvalue weighted by molar-refractivity contribution is 6.02. The minimum atomic E-state index is 0.225. The number of fused-ring (bicyclic) bond motifs is 3. The molecule has 2 saturated carbocycles. The summed E-state index contributed by atoms with van der Waals surface area (Å²) in [6, 6.07) is 7.26. The Kier molecular flexibility index (Phi) is 3.89. The van der Waals surface area contributed by atoms with Crippen molar-refractivity contribution in [1.29, 1.82) is 0 Å². The maximum atomic E-state index is 5.25. The fraction of sp³-hybridized carbons (Fsp3) is 0.720. The lowest BCUT2D eigenvalue weighted by molar-refractivity contribution is 0.0415. The molecule has 1 aromatic carbocycles. The third-order valence-corrected chi connectivity index (χ3v) is 8.23. The van der Waals surface area contributed by atoms with Gasteiger partial charge in [-0.1, -0.05) is 58.2 Å². The Morgan fingerprint density at radius 1 is 0.962 bits per heavy atom. The molecule has 1 aliphatic heterocycles. The Morgan fingerprint density at radius 3 is 2.38 bits per heavy atom. The number of hydrogen-bond donors (Lipinski definition) is 0. The minimum Gasteiger partial charge on any atom is -0.293 e. The van der Waals surface area contributed by atoms with Crippen LogP contribution < -0.4 is 0 Å². The van der Waals surface area contributed by atoms with Gasteiger partial charge < -0.3 is 0 Å². The number of hydrogen-bond acceptors (Lipinski definition) is 1. The second kappa shape index (κ2) is 5.94. The normalized spacial score (nSPS) is 30.5. The molecule has 2 fully saturated rings. The molecule has 2 atom stereocenters. The Bertz CT molecular complexity index is 725. The standard InChI is InChI=1S/C25H35N/c1-24(2,3)20-13-6-11-18-21(20)19-12-7-16-26-23(19)22(18)25(14-8-15-25)17-9-4-5-10-17/h6,11,13,17,19,22H,4-5,7-10,12,14-16H2,1-3H3. The Balaban J connectivity index is 1.69. The first kappa shape index (κ1) is 17.0. The van der Waals surface area contributed by atoms with E-state index in [2.05, 4.69) is 39.0 Å². The molecule has 3 aliphatic carbocycles. The first-order chi connectivity index (χ1) is 12.5. The first-order valence-corrected chi connectivity index (χ1v) is 11.2. The van der Waals surface area contributed by atoms with Crippen molar-refractivity contribution in [3.05, 3.63) is 34.9 Å². The van der Waals surface area contributed by atoms with Crippen molar-refractivity contribution in [3.8, 4) is 0 Å². The maximum absolute atomic E-state index is 5.25. The van der Waals surface area contributed by atoms with Gasteiger partial charge in [-0.05, 0) is 72.0 Å². The van der Waals surface area contributed by atoms with Crippen molar-refractivity contribution in [1.82, 2.24) is 0 Å². The molecule has 1 nitrogen and oxygen atoms in total. The monoisotopic (exact) mass is 349 g/mol. The maximum Gasteiger partial charge on any atom is 0.0389 e. The van der Waals surface area contributed by atoms with Crippen LogP contribution in [0.1, 0.15) is 107 Å². The van der Waals surface area contributed by atoms with E-state index in [4.69, 9.17) is 4.99 Å². The van der Waals surface area contributed by atoms with Crippen molar-refractivity contribution in [2.24, 2.45) is 16.3 Å². The first-order valence-electron chi connectivity index (χ1n) is 11.2. The van der Waals surface area contributed by atoms with Gasteiger partial charge in [0.1, 0.15) is 0 Å². The van der Waals surface area contributed by atoms with Crippen LogP contribution in [0.15, 0.2) is 23.2 Å². The zero-order chi connectivity index (χ0) is 17.9. The van der Waals surface area contributed by atoms with Gasteiger partial charge in [-0.25, -0.2) is 0 Å². The van der Waals surface area contributed by atoms with Gasteiger partial charge in [0.05, 0.1) is 0 Å². The summed E-state index contributed by atoms with van der Waals surface area (Å²) in [5, 5.41) is 0. The van der Waals surface area contributed by atoms with E-state index in [0.717, 1.165) is 12.5 Å². The number of nitrogens with zero attached hydrogens (tertiary/aromatic N) is 1. The summed E-state index contributed by atoms with van der Waals surface area (Å²) in [4.78, 5) is 5.25. The lowest BCUT2D eigenvalue weighted by atomic mass is 9.52. The Hall–Kier alpha value is -1.11. The van der Waals surface area contributed by atoms with Crippen LogP contribution >= 0.6 is 0 Å². The van der Waals surface area contributed by atoms with Crippen LogP contribution in [0.4, 0.5) is 0 Å². The summed E-state index contributed by atoms with van der Waals surface area (Å²) >= 11 is 0. The molecule has 0 N–H and O–H groups in total. The summed E-state index contributed by atoms with van der Waals surface area (Å²) in [6.07, 6.45) is 12.8. The highest BCUT2D eigenvalue weighted by Crippen LogP contribution is 2.65. The van der Waals surface area contributed by atoms with Crippen LogP contribution in [0.25, 0.3) is 0 Å². The van der Waals surface area contributed by atoms with Gasteiger partial charge >= 0.3 is 0 Å². The number of benzene rings is 1. The smallest absolute Gasteiger partial charge is 0.0389 e. The molecule has 0 bridgehead atoms. The van der Waals surface area contributed by atoms with E-state index in [1.807, 2.05) is 0 Å². The Morgan fingerprint density at radius 2 is 1.73 bits per heavy atom. The van der Waals surface area contributed by atoms with Gasteiger partial charge in [-0.2, -0.15) is 0 Å². The third kappa shape index (κ3) is 2.31. The molecule has 0 spiro atoms. The molecule has 4 aliphatic rings. The van der Waals surface area contributed by atoms with Crippen molar-refractivity contribution in [2.45, 2.75) is 95.8 Å². The minimum absolute atomic E-state index is 0.225. The molecule has 0 amide bonds. The van der Waals surface area contributed by atoms with E-state index in [-0.39, 0.29) is 5.41 Å². The van der Waals surface area contributed by atoms with Crippen LogP contribution in [-0.2, 0) is 5.41 Å². The molecule has 0 radical (unpaired) electrons. The molecule has 1 heterocycles. The zero-order valence-corrected chi connectivity index (χ0v) is 17.0. The quantitative estimate of drug-likeness (QED) is 0.559. The van der Waals surface area contributed by atoms with Gasteiger partial charge in [0.15, 0.2) is 0 Å². The van der Waals surface area contributed by atoms with Crippen molar-refractivity contribution >= 4 is 5.71 Å². The molecule has 140 valence electrons. The van der Waals surface area contributed by atoms with Crippen LogP contribution in [0.3, 0.4) is 0 Å². The van der Waals surface area contributed by atoms with Gasteiger partial charge in [0.2, 0.25) is 0 Å². The summed E-state index contributed by atoms with van der Waals surface area (Å²) in [5.74, 6) is 2.22. The molecule has 26 heavy (non-hydrogen) atoms. The van der Waals surface area contributed by atoms with Gasteiger partial charge in [-0.3, -0.25) is 4.99 Å². The lowest BCUT2D eigenvalue weighted by Gasteiger charge is -2.52.